The first-order valence-electron chi connectivity index (χ1n) is 5.92. The molecule has 1 N–H and O–H groups in total. The molecular weight excluding hydrogens is 214 g/mol. The lowest BCUT2D eigenvalue weighted by Gasteiger charge is -2.10. The first-order chi connectivity index (χ1) is 8.11. The molecule has 90 valence electrons. The van der Waals surface area contributed by atoms with Crippen molar-refractivity contribution in [3.8, 4) is 0 Å². The summed E-state index contributed by atoms with van der Waals surface area (Å²) < 4.78 is 2.17. The van der Waals surface area contributed by atoms with Gasteiger partial charge in [0.1, 0.15) is 0 Å². The van der Waals surface area contributed by atoms with E-state index >= 15 is 0 Å². The van der Waals surface area contributed by atoms with Gasteiger partial charge in [0.05, 0.1) is 6.42 Å². The van der Waals surface area contributed by atoms with Gasteiger partial charge in [-0.2, -0.15) is 0 Å². The van der Waals surface area contributed by atoms with Gasteiger partial charge in [-0.05, 0) is 35.9 Å². The summed E-state index contributed by atoms with van der Waals surface area (Å²) in [6.45, 7) is 4.99. The van der Waals surface area contributed by atoms with Crippen molar-refractivity contribution in [2.24, 2.45) is 0 Å². The molecule has 1 aromatic heterocycles. The van der Waals surface area contributed by atoms with Gasteiger partial charge in [0.25, 0.3) is 0 Å². The van der Waals surface area contributed by atoms with Crippen LogP contribution in [0.3, 0.4) is 0 Å². The number of carboxylic acid groups (broad SMARTS) is 1. The third-order valence-corrected chi connectivity index (χ3v) is 3.19. The van der Waals surface area contributed by atoms with E-state index in [2.05, 4.69) is 35.9 Å². The van der Waals surface area contributed by atoms with Gasteiger partial charge in [-0.1, -0.05) is 19.1 Å². The molecule has 0 bridgehead atoms. The molecule has 0 fully saturated rings. The topological polar surface area (TPSA) is 42.2 Å². The van der Waals surface area contributed by atoms with Gasteiger partial charge in [-0.15, -0.1) is 0 Å². The molecule has 0 aliphatic rings. The zero-order valence-electron chi connectivity index (χ0n) is 10.2. The van der Waals surface area contributed by atoms with Crippen molar-refractivity contribution in [2.45, 2.75) is 32.7 Å². The number of fused-ring (bicyclic) bond motifs is 1. The highest BCUT2D eigenvalue weighted by molar-refractivity contribution is 5.81. The summed E-state index contributed by atoms with van der Waals surface area (Å²) in [7, 11) is 0. The Bertz CT molecular complexity index is 542. The quantitative estimate of drug-likeness (QED) is 0.877. The van der Waals surface area contributed by atoms with Crippen LogP contribution in [0.25, 0.3) is 10.9 Å². The highest BCUT2D eigenvalue weighted by atomic mass is 16.4. The molecule has 1 aromatic carbocycles. The summed E-state index contributed by atoms with van der Waals surface area (Å²) in [6, 6.07) is 8.28. The van der Waals surface area contributed by atoms with E-state index in [4.69, 9.17) is 5.11 Å². The van der Waals surface area contributed by atoms with Gasteiger partial charge >= 0.3 is 5.97 Å². The molecule has 1 heterocycles. The van der Waals surface area contributed by atoms with E-state index in [1.807, 2.05) is 13.0 Å². The van der Waals surface area contributed by atoms with Crippen LogP contribution >= 0.6 is 0 Å². The number of rotatable bonds is 4. The molecule has 3 nitrogen and oxygen atoms in total. The number of hydrogen-bond acceptors (Lipinski definition) is 1. The second kappa shape index (κ2) is 4.62. The van der Waals surface area contributed by atoms with Crippen molar-refractivity contribution >= 4 is 16.9 Å². The smallest absolute Gasteiger partial charge is 0.303 e. The Morgan fingerprint density at radius 2 is 2.18 bits per heavy atom. The van der Waals surface area contributed by atoms with Gasteiger partial charge in [0, 0.05) is 18.3 Å². The highest BCUT2D eigenvalue weighted by Gasteiger charge is 2.11. The molecule has 1 unspecified atom stereocenters. The van der Waals surface area contributed by atoms with Gasteiger partial charge in [0.2, 0.25) is 0 Å². The molecule has 0 radical (unpaired) electrons. The Balaban J connectivity index is 2.38. The van der Waals surface area contributed by atoms with Crippen molar-refractivity contribution in [1.82, 2.24) is 4.57 Å². The molecule has 0 saturated carbocycles. The number of aryl methyl sites for hydroxylation is 1. The summed E-state index contributed by atoms with van der Waals surface area (Å²) >= 11 is 0. The van der Waals surface area contributed by atoms with Gasteiger partial charge in [0.15, 0.2) is 0 Å². The molecule has 2 aromatic rings. The Kier molecular flexibility index (Phi) is 3.18. The highest BCUT2D eigenvalue weighted by Crippen LogP contribution is 2.24. The standard InChI is InChI=1S/C14H17NO2/c1-3-15-7-6-11-4-5-12(9-13(11)15)10(2)8-14(16)17/h4-7,9-10H,3,8H2,1-2H3,(H,16,17). The van der Waals surface area contributed by atoms with Crippen molar-refractivity contribution in [3.63, 3.8) is 0 Å². The molecule has 0 aliphatic carbocycles. The fourth-order valence-electron chi connectivity index (χ4n) is 2.16. The van der Waals surface area contributed by atoms with Crippen LogP contribution in [0.15, 0.2) is 30.5 Å². The number of benzene rings is 1. The summed E-state index contributed by atoms with van der Waals surface area (Å²) in [6.07, 6.45) is 2.24. The third-order valence-electron chi connectivity index (χ3n) is 3.19. The van der Waals surface area contributed by atoms with E-state index in [-0.39, 0.29) is 12.3 Å². The predicted molar refractivity (Wildman–Crippen MR) is 68.3 cm³/mol. The second-order valence-electron chi connectivity index (χ2n) is 4.42. The monoisotopic (exact) mass is 231 g/mol. The number of carbonyl (C=O) groups is 1. The maximum atomic E-state index is 10.7. The Hall–Kier alpha value is -1.77. The summed E-state index contributed by atoms with van der Waals surface area (Å²) in [5, 5.41) is 10.0. The number of hydrogen-bond donors (Lipinski definition) is 1. The molecule has 0 spiro atoms. The van der Waals surface area contributed by atoms with Crippen molar-refractivity contribution in [1.29, 1.82) is 0 Å². The van der Waals surface area contributed by atoms with Crippen LogP contribution in [-0.4, -0.2) is 15.6 Å². The van der Waals surface area contributed by atoms with E-state index in [1.54, 1.807) is 0 Å². The second-order valence-corrected chi connectivity index (χ2v) is 4.42. The lowest BCUT2D eigenvalue weighted by Crippen LogP contribution is -2.03. The van der Waals surface area contributed by atoms with Crippen LogP contribution < -0.4 is 0 Å². The third kappa shape index (κ3) is 2.33. The number of carboxylic acids is 1. The molecule has 0 amide bonds. The van der Waals surface area contributed by atoms with E-state index in [1.165, 1.54) is 10.9 Å². The zero-order valence-corrected chi connectivity index (χ0v) is 10.2. The van der Waals surface area contributed by atoms with Crippen LogP contribution in [0.4, 0.5) is 0 Å². The lowest BCUT2D eigenvalue weighted by atomic mass is 9.97. The summed E-state index contributed by atoms with van der Waals surface area (Å²) in [4.78, 5) is 10.7. The minimum absolute atomic E-state index is 0.0529. The van der Waals surface area contributed by atoms with Crippen LogP contribution in [0.1, 0.15) is 31.7 Å². The Morgan fingerprint density at radius 1 is 1.41 bits per heavy atom. The number of nitrogens with zero attached hydrogens (tertiary/aromatic N) is 1. The number of aromatic nitrogens is 1. The van der Waals surface area contributed by atoms with Crippen LogP contribution in [0.5, 0.6) is 0 Å². The van der Waals surface area contributed by atoms with Crippen LogP contribution in [0.2, 0.25) is 0 Å². The fraction of sp³-hybridized carbons (Fsp3) is 0.357. The van der Waals surface area contributed by atoms with E-state index in [9.17, 15) is 4.79 Å². The van der Waals surface area contributed by atoms with Crippen molar-refractivity contribution < 1.29 is 9.90 Å². The van der Waals surface area contributed by atoms with Crippen molar-refractivity contribution in [2.75, 3.05) is 0 Å². The lowest BCUT2D eigenvalue weighted by molar-refractivity contribution is -0.137. The molecule has 0 saturated heterocycles. The van der Waals surface area contributed by atoms with Crippen molar-refractivity contribution in [3.05, 3.63) is 36.0 Å². The zero-order chi connectivity index (χ0) is 12.4. The van der Waals surface area contributed by atoms with Crippen LogP contribution in [0, 0.1) is 0 Å². The molecule has 3 heteroatoms. The Labute approximate surface area is 101 Å². The minimum atomic E-state index is -0.747. The first-order valence-corrected chi connectivity index (χ1v) is 5.92. The van der Waals surface area contributed by atoms with Gasteiger partial charge in [-0.3, -0.25) is 4.79 Å². The van der Waals surface area contributed by atoms with Gasteiger partial charge < -0.3 is 9.67 Å². The summed E-state index contributed by atoms with van der Waals surface area (Å²) in [5.41, 5.74) is 2.27. The predicted octanol–water partition coefficient (Wildman–Crippen LogP) is 3.24. The normalized spacial score (nSPS) is 12.8. The average Bonchev–Trinajstić information content (AvgIpc) is 2.69. The van der Waals surface area contributed by atoms with Crippen LogP contribution in [-0.2, 0) is 11.3 Å². The minimum Gasteiger partial charge on any atom is -0.481 e. The van der Waals surface area contributed by atoms with E-state index in [0.29, 0.717) is 0 Å². The molecule has 17 heavy (non-hydrogen) atoms. The Morgan fingerprint density at radius 3 is 2.82 bits per heavy atom. The molecule has 0 aliphatic heterocycles. The van der Waals surface area contributed by atoms with E-state index in [0.717, 1.165) is 12.1 Å². The maximum Gasteiger partial charge on any atom is 0.303 e. The fourth-order valence-corrected chi connectivity index (χ4v) is 2.16. The number of aliphatic carboxylic acids is 1. The summed E-state index contributed by atoms with van der Waals surface area (Å²) in [5.74, 6) is -0.694. The molecule has 1 atom stereocenters. The molecular formula is C14H17NO2. The molecule has 2 rings (SSSR count). The van der Waals surface area contributed by atoms with Gasteiger partial charge in [-0.25, -0.2) is 0 Å². The largest absolute Gasteiger partial charge is 0.481 e. The first kappa shape index (κ1) is 11.7. The van der Waals surface area contributed by atoms with E-state index < -0.39 is 5.97 Å². The average molecular weight is 231 g/mol. The SMILES string of the molecule is CCn1ccc2ccc(C(C)CC(=O)O)cc21. The maximum absolute atomic E-state index is 10.7.